The second-order valence-corrected chi connectivity index (χ2v) is 4.63. The predicted molar refractivity (Wildman–Crippen MR) is 78.8 cm³/mol. The van der Waals surface area contributed by atoms with E-state index in [1.807, 2.05) is 30.5 Å². The van der Waals surface area contributed by atoms with Crippen molar-refractivity contribution in [2.45, 2.75) is 20.8 Å². The Balaban J connectivity index is 2.38. The van der Waals surface area contributed by atoms with Crippen LogP contribution < -0.4 is 5.73 Å². The smallest absolute Gasteiger partial charge is 0.0859 e. The van der Waals surface area contributed by atoms with Crippen molar-refractivity contribution in [3.05, 3.63) is 58.7 Å². The number of hydrogen-bond acceptors (Lipinski definition) is 2. The Morgan fingerprint density at radius 3 is 2.22 bits per heavy atom. The summed E-state index contributed by atoms with van der Waals surface area (Å²) in [4.78, 5) is 4.48. The van der Waals surface area contributed by atoms with Gasteiger partial charge in [0.1, 0.15) is 0 Å². The molecular formula is C16H18N2. The van der Waals surface area contributed by atoms with Gasteiger partial charge in [0.2, 0.25) is 0 Å². The Morgan fingerprint density at radius 1 is 1.00 bits per heavy atom. The van der Waals surface area contributed by atoms with E-state index in [1.165, 1.54) is 22.3 Å². The summed E-state index contributed by atoms with van der Waals surface area (Å²) in [6.07, 6.45) is 1.90. The second-order valence-electron chi connectivity index (χ2n) is 4.63. The summed E-state index contributed by atoms with van der Waals surface area (Å²) in [5.74, 6) is 0. The molecule has 0 aromatic heterocycles. The maximum Gasteiger partial charge on any atom is 0.0859 e. The fourth-order valence-electron chi connectivity index (χ4n) is 2.13. The molecule has 0 aliphatic carbocycles. The minimum atomic E-state index is 0.705. The van der Waals surface area contributed by atoms with Crippen molar-refractivity contribution < 1.29 is 0 Å². The third-order valence-electron chi connectivity index (χ3n) is 3.01. The number of aliphatic imine (C=N–C) groups is 1. The van der Waals surface area contributed by atoms with E-state index in [9.17, 15) is 0 Å². The third kappa shape index (κ3) is 2.59. The average Bonchev–Trinajstić information content (AvgIpc) is 2.30. The van der Waals surface area contributed by atoms with Gasteiger partial charge in [-0.25, -0.2) is 0 Å². The van der Waals surface area contributed by atoms with Crippen LogP contribution in [-0.4, -0.2) is 6.21 Å². The standard InChI is InChI=1S/C16H18N2/c1-11-8-12(2)14(13(3)9-11)10-18-16-7-5-4-6-15(16)17/h4-10H,17H2,1-3H3. The number of anilines is 1. The lowest BCUT2D eigenvalue weighted by molar-refractivity contribution is 1.30. The van der Waals surface area contributed by atoms with Crippen LogP contribution >= 0.6 is 0 Å². The van der Waals surface area contributed by atoms with E-state index in [4.69, 9.17) is 5.73 Å². The molecule has 0 saturated carbocycles. The molecule has 0 heterocycles. The highest BCUT2D eigenvalue weighted by Crippen LogP contribution is 2.21. The van der Waals surface area contributed by atoms with Crippen LogP contribution in [-0.2, 0) is 0 Å². The highest BCUT2D eigenvalue weighted by atomic mass is 14.8. The number of nitrogens with two attached hydrogens (primary N) is 1. The molecule has 0 fully saturated rings. The normalized spacial score (nSPS) is 11.1. The van der Waals surface area contributed by atoms with Crippen LogP contribution in [0, 0.1) is 20.8 Å². The van der Waals surface area contributed by atoms with E-state index >= 15 is 0 Å². The van der Waals surface area contributed by atoms with Gasteiger partial charge in [-0.3, -0.25) is 4.99 Å². The van der Waals surface area contributed by atoms with E-state index in [-0.39, 0.29) is 0 Å². The summed E-state index contributed by atoms with van der Waals surface area (Å²) in [6, 6.07) is 12.0. The molecule has 2 aromatic rings. The van der Waals surface area contributed by atoms with Crippen molar-refractivity contribution in [2.75, 3.05) is 5.73 Å². The van der Waals surface area contributed by atoms with Crippen LogP contribution in [0.4, 0.5) is 11.4 Å². The van der Waals surface area contributed by atoms with Gasteiger partial charge in [-0.1, -0.05) is 29.8 Å². The number of nitrogens with zero attached hydrogens (tertiary/aromatic N) is 1. The molecule has 0 aliphatic rings. The van der Waals surface area contributed by atoms with Gasteiger partial charge in [0, 0.05) is 6.21 Å². The van der Waals surface area contributed by atoms with Gasteiger partial charge in [0.25, 0.3) is 0 Å². The van der Waals surface area contributed by atoms with Crippen molar-refractivity contribution in [2.24, 2.45) is 4.99 Å². The average molecular weight is 238 g/mol. The van der Waals surface area contributed by atoms with Crippen LogP contribution in [0.1, 0.15) is 22.3 Å². The zero-order chi connectivity index (χ0) is 13.1. The zero-order valence-electron chi connectivity index (χ0n) is 11.1. The molecule has 92 valence electrons. The molecular weight excluding hydrogens is 220 g/mol. The highest BCUT2D eigenvalue weighted by Gasteiger charge is 2.01. The summed E-state index contributed by atoms with van der Waals surface area (Å²) in [5.41, 5.74) is 12.3. The van der Waals surface area contributed by atoms with Crippen LogP contribution in [0.2, 0.25) is 0 Å². The fraction of sp³-hybridized carbons (Fsp3) is 0.188. The SMILES string of the molecule is Cc1cc(C)c(C=Nc2ccccc2N)c(C)c1. The highest BCUT2D eigenvalue weighted by molar-refractivity contribution is 5.87. The Labute approximate surface area is 108 Å². The van der Waals surface area contributed by atoms with Crippen molar-refractivity contribution in [3.8, 4) is 0 Å². The molecule has 0 aliphatic heterocycles. The summed E-state index contributed by atoms with van der Waals surface area (Å²) in [6.45, 7) is 6.32. The summed E-state index contributed by atoms with van der Waals surface area (Å²) in [5, 5.41) is 0. The maximum absolute atomic E-state index is 5.87. The molecule has 0 saturated heterocycles. The van der Waals surface area contributed by atoms with Crippen molar-refractivity contribution in [3.63, 3.8) is 0 Å². The van der Waals surface area contributed by atoms with Gasteiger partial charge < -0.3 is 5.73 Å². The molecule has 0 radical (unpaired) electrons. The minimum absolute atomic E-state index is 0.705. The van der Waals surface area contributed by atoms with E-state index in [0.29, 0.717) is 5.69 Å². The second kappa shape index (κ2) is 5.05. The topological polar surface area (TPSA) is 38.4 Å². The Kier molecular flexibility index (Phi) is 3.47. The lowest BCUT2D eigenvalue weighted by Crippen LogP contribution is -1.93. The first-order valence-electron chi connectivity index (χ1n) is 6.04. The van der Waals surface area contributed by atoms with E-state index < -0.39 is 0 Å². The molecule has 2 aromatic carbocycles. The number of hydrogen-bond donors (Lipinski definition) is 1. The monoisotopic (exact) mass is 238 g/mol. The van der Waals surface area contributed by atoms with Crippen LogP contribution in [0.5, 0.6) is 0 Å². The summed E-state index contributed by atoms with van der Waals surface area (Å²) < 4.78 is 0. The largest absolute Gasteiger partial charge is 0.397 e. The molecule has 18 heavy (non-hydrogen) atoms. The third-order valence-corrected chi connectivity index (χ3v) is 3.01. The van der Waals surface area contributed by atoms with Gasteiger partial charge in [-0.15, -0.1) is 0 Å². The molecule has 2 nitrogen and oxygen atoms in total. The van der Waals surface area contributed by atoms with E-state index in [1.54, 1.807) is 0 Å². The maximum atomic E-state index is 5.87. The first-order chi connectivity index (χ1) is 8.58. The van der Waals surface area contributed by atoms with E-state index in [0.717, 1.165) is 5.69 Å². The van der Waals surface area contributed by atoms with Gasteiger partial charge >= 0.3 is 0 Å². The lowest BCUT2D eigenvalue weighted by atomic mass is 10.0. The lowest BCUT2D eigenvalue weighted by Gasteiger charge is -2.06. The first kappa shape index (κ1) is 12.4. The van der Waals surface area contributed by atoms with Crippen LogP contribution in [0.3, 0.4) is 0 Å². The molecule has 2 heteroatoms. The number of para-hydroxylation sites is 2. The predicted octanol–water partition coefficient (Wildman–Crippen LogP) is 3.94. The van der Waals surface area contributed by atoms with E-state index in [2.05, 4.69) is 37.9 Å². The molecule has 2 rings (SSSR count). The number of rotatable bonds is 2. The van der Waals surface area contributed by atoms with Crippen LogP contribution in [0.25, 0.3) is 0 Å². The quantitative estimate of drug-likeness (QED) is 0.624. The van der Waals surface area contributed by atoms with Crippen LogP contribution in [0.15, 0.2) is 41.4 Å². The summed E-state index contributed by atoms with van der Waals surface area (Å²) >= 11 is 0. The molecule has 2 N–H and O–H groups in total. The number of aryl methyl sites for hydroxylation is 3. The number of benzene rings is 2. The minimum Gasteiger partial charge on any atom is -0.397 e. The van der Waals surface area contributed by atoms with Gasteiger partial charge in [0.15, 0.2) is 0 Å². The van der Waals surface area contributed by atoms with Gasteiger partial charge in [-0.05, 0) is 49.6 Å². The number of nitrogen functional groups attached to an aromatic ring is 1. The van der Waals surface area contributed by atoms with Crippen molar-refractivity contribution >= 4 is 17.6 Å². The van der Waals surface area contributed by atoms with Gasteiger partial charge in [0.05, 0.1) is 11.4 Å². The first-order valence-corrected chi connectivity index (χ1v) is 6.04. The zero-order valence-corrected chi connectivity index (χ0v) is 11.1. The fourth-order valence-corrected chi connectivity index (χ4v) is 2.13. The van der Waals surface area contributed by atoms with Crippen molar-refractivity contribution in [1.29, 1.82) is 0 Å². The molecule has 0 atom stereocenters. The Morgan fingerprint density at radius 2 is 1.61 bits per heavy atom. The molecule has 0 unspecified atom stereocenters. The molecule has 0 amide bonds. The van der Waals surface area contributed by atoms with Gasteiger partial charge in [-0.2, -0.15) is 0 Å². The Bertz CT molecular complexity index is 575. The molecule has 0 spiro atoms. The molecule has 0 bridgehead atoms. The summed E-state index contributed by atoms with van der Waals surface area (Å²) in [7, 11) is 0. The Hall–Kier alpha value is -2.09. The van der Waals surface area contributed by atoms with Crippen molar-refractivity contribution in [1.82, 2.24) is 0 Å².